The zero-order valence-corrected chi connectivity index (χ0v) is 9.29. The summed E-state index contributed by atoms with van der Waals surface area (Å²) < 4.78 is 0. The van der Waals surface area contributed by atoms with E-state index >= 15 is 0 Å². The Morgan fingerprint density at radius 2 is 1.56 bits per heavy atom. The molecule has 0 atom stereocenters. The Balaban J connectivity index is 2.80. The molecule has 0 radical (unpaired) electrons. The molecule has 0 saturated heterocycles. The second kappa shape index (κ2) is 3.82. The molecule has 2 rings (SSSR count). The van der Waals surface area contributed by atoms with Gasteiger partial charge in [0.05, 0.1) is 0 Å². The van der Waals surface area contributed by atoms with Crippen LogP contribution in [-0.4, -0.2) is 0 Å². The highest BCUT2D eigenvalue weighted by Gasteiger charge is 2.22. The lowest BCUT2D eigenvalue weighted by atomic mass is 9.98. The third kappa shape index (κ3) is 1.24. The predicted molar refractivity (Wildman–Crippen MR) is 72.9 cm³/mol. The third-order valence-corrected chi connectivity index (χ3v) is 2.93. The van der Waals surface area contributed by atoms with Gasteiger partial charge in [-0.05, 0) is 33.4 Å². The van der Waals surface area contributed by atoms with E-state index in [1.165, 1.54) is 5.56 Å². The fraction of sp³-hybridized carbons (Fsp3) is 0. The summed E-state index contributed by atoms with van der Waals surface area (Å²) in [5.41, 5.74) is 6.63. The van der Waals surface area contributed by atoms with Crippen molar-refractivity contribution in [3.05, 3.63) is 78.9 Å². The van der Waals surface area contributed by atoms with Gasteiger partial charge in [-0.25, -0.2) is 0 Å². The van der Waals surface area contributed by atoms with E-state index in [4.69, 9.17) is 0 Å². The van der Waals surface area contributed by atoms with E-state index in [2.05, 4.69) is 32.4 Å². The van der Waals surface area contributed by atoms with E-state index in [1.807, 2.05) is 30.4 Å². The lowest BCUT2D eigenvalue weighted by Gasteiger charge is -2.06. The summed E-state index contributed by atoms with van der Waals surface area (Å²) in [5.74, 6) is 0. The summed E-state index contributed by atoms with van der Waals surface area (Å²) >= 11 is 0. The minimum atomic E-state index is 1.01. The molecule has 1 aliphatic carbocycles. The summed E-state index contributed by atoms with van der Waals surface area (Å²) in [6, 6.07) is 6.16. The molecule has 1 aromatic rings. The molecular weight excluding hydrogens is 192 g/mol. The highest BCUT2D eigenvalue weighted by Crippen LogP contribution is 2.43. The van der Waals surface area contributed by atoms with Crippen molar-refractivity contribution in [3.63, 3.8) is 0 Å². The molecule has 0 aliphatic heterocycles. The average molecular weight is 206 g/mol. The molecule has 0 heteroatoms. The Morgan fingerprint density at radius 3 is 2.12 bits per heavy atom. The van der Waals surface area contributed by atoms with E-state index in [0.29, 0.717) is 0 Å². The van der Waals surface area contributed by atoms with Crippen LogP contribution in [0.3, 0.4) is 0 Å². The number of benzene rings is 1. The lowest BCUT2D eigenvalue weighted by Crippen LogP contribution is -1.87. The fourth-order valence-electron chi connectivity index (χ4n) is 2.20. The van der Waals surface area contributed by atoms with Crippen LogP contribution < -0.4 is 0 Å². The van der Waals surface area contributed by atoms with Crippen LogP contribution in [0.2, 0.25) is 0 Å². The van der Waals surface area contributed by atoms with Gasteiger partial charge < -0.3 is 0 Å². The van der Waals surface area contributed by atoms with Gasteiger partial charge in [0, 0.05) is 0 Å². The summed E-state index contributed by atoms with van der Waals surface area (Å²) in [6.45, 7) is 15.7. The van der Waals surface area contributed by atoms with E-state index < -0.39 is 0 Å². The minimum absolute atomic E-state index is 1.01. The zero-order valence-electron chi connectivity index (χ0n) is 9.29. The van der Waals surface area contributed by atoms with Crippen molar-refractivity contribution in [1.29, 1.82) is 0 Å². The van der Waals surface area contributed by atoms with E-state index in [-0.39, 0.29) is 0 Å². The second-order valence-corrected chi connectivity index (χ2v) is 3.69. The third-order valence-electron chi connectivity index (χ3n) is 2.93. The van der Waals surface area contributed by atoms with Gasteiger partial charge in [-0.15, -0.1) is 0 Å². The molecule has 16 heavy (non-hydrogen) atoms. The smallest absolute Gasteiger partial charge is 0.00326 e. The topological polar surface area (TPSA) is 0 Å². The van der Waals surface area contributed by atoms with Crippen molar-refractivity contribution in [2.75, 3.05) is 0 Å². The standard InChI is InChI=1S/C16H14/c1-5-12-9-8-10-15-14(7-3)13(6-2)11(4)16(12)15/h5-10H,1-4H2. The van der Waals surface area contributed by atoms with Crippen molar-refractivity contribution in [3.8, 4) is 0 Å². The van der Waals surface area contributed by atoms with Crippen LogP contribution >= 0.6 is 0 Å². The highest BCUT2D eigenvalue weighted by atomic mass is 14.3. The van der Waals surface area contributed by atoms with Crippen molar-refractivity contribution >= 4 is 17.2 Å². The quantitative estimate of drug-likeness (QED) is 0.684. The van der Waals surface area contributed by atoms with Gasteiger partial charge in [0.25, 0.3) is 0 Å². The van der Waals surface area contributed by atoms with Crippen molar-refractivity contribution in [2.24, 2.45) is 0 Å². The van der Waals surface area contributed by atoms with Crippen LogP contribution in [0, 0.1) is 0 Å². The van der Waals surface area contributed by atoms with Gasteiger partial charge in [-0.1, -0.05) is 62.7 Å². The van der Waals surface area contributed by atoms with Crippen LogP contribution in [0.15, 0.2) is 62.2 Å². The number of hydrogen-bond donors (Lipinski definition) is 0. The Kier molecular flexibility index (Phi) is 2.49. The van der Waals surface area contributed by atoms with Crippen LogP contribution in [0.1, 0.15) is 16.7 Å². The molecule has 1 aliphatic rings. The van der Waals surface area contributed by atoms with Crippen LogP contribution in [-0.2, 0) is 0 Å². The fourth-order valence-corrected chi connectivity index (χ4v) is 2.20. The maximum atomic E-state index is 4.13. The Bertz CT molecular complexity index is 539. The Hall–Kier alpha value is -2.08. The molecule has 0 saturated carbocycles. The summed E-state index contributed by atoms with van der Waals surface area (Å²) in [7, 11) is 0. The van der Waals surface area contributed by atoms with Gasteiger partial charge in [0.1, 0.15) is 0 Å². The Morgan fingerprint density at radius 1 is 0.875 bits per heavy atom. The van der Waals surface area contributed by atoms with Gasteiger partial charge in [-0.2, -0.15) is 0 Å². The first-order chi connectivity index (χ1) is 7.74. The van der Waals surface area contributed by atoms with E-state index in [1.54, 1.807) is 0 Å². The number of fused-ring (bicyclic) bond motifs is 1. The van der Waals surface area contributed by atoms with Crippen LogP contribution in [0.4, 0.5) is 0 Å². The first kappa shape index (κ1) is 10.4. The van der Waals surface area contributed by atoms with Gasteiger partial charge >= 0.3 is 0 Å². The van der Waals surface area contributed by atoms with Crippen molar-refractivity contribution < 1.29 is 0 Å². The maximum Gasteiger partial charge on any atom is -0.00326 e. The average Bonchev–Trinajstić information content (AvgIpc) is 2.61. The zero-order chi connectivity index (χ0) is 11.7. The molecule has 0 amide bonds. The highest BCUT2D eigenvalue weighted by molar-refractivity contribution is 6.05. The number of rotatable bonds is 3. The van der Waals surface area contributed by atoms with E-state index in [9.17, 15) is 0 Å². The van der Waals surface area contributed by atoms with E-state index in [0.717, 1.165) is 27.8 Å². The molecule has 0 fully saturated rings. The van der Waals surface area contributed by atoms with Crippen molar-refractivity contribution in [1.82, 2.24) is 0 Å². The first-order valence-electron chi connectivity index (χ1n) is 5.19. The molecule has 0 bridgehead atoms. The number of allylic oxidation sites excluding steroid dienone is 5. The molecular formula is C16H14. The summed E-state index contributed by atoms with van der Waals surface area (Å²) in [4.78, 5) is 0. The van der Waals surface area contributed by atoms with Gasteiger partial charge in [0.15, 0.2) is 0 Å². The largest absolute Gasteiger partial charge is 0.0984 e. The molecule has 0 nitrogen and oxygen atoms in total. The maximum absolute atomic E-state index is 4.13. The Labute approximate surface area is 96.6 Å². The molecule has 78 valence electrons. The molecule has 0 N–H and O–H groups in total. The van der Waals surface area contributed by atoms with Gasteiger partial charge in [-0.3, -0.25) is 0 Å². The monoisotopic (exact) mass is 206 g/mol. The normalized spacial score (nSPS) is 13.6. The summed E-state index contributed by atoms with van der Waals surface area (Å²) in [6.07, 6.45) is 5.56. The molecule has 0 heterocycles. The molecule has 0 spiro atoms. The predicted octanol–water partition coefficient (Wildman–Crippen LogP) is 4.48. The molecule has 0 aromatic heterocycles. The summed E-state index contributed by atoms with van der Waals surface area (Å²) in [5, 5.41) is 0. The lowest BCUT2D eigenvalue weighted by molar-refractivity contribution is 1.56. The van der Waals surface area contributed by atoms with Crippen molar-refractivity contribution in [2.45, 2.75) is 0 Å². The molecule has 0 unspecified atom stereocenters. The number of hydrogen-bond acceptors (Lipinski definition) is 0. The van der Waals surface area contributed by atoms with Gasteiger partial charge in [0.2, 0.25) is 0 Å². The first-order valence-corrected chi connectivity index (χ1v) is 5.19. The van der Waals surface area contributed by atoms with Crippen LogP contribution in [0.5, 0.6) is 0 Å². The minimum Gasteiger partial charge on any atom is -0.0984 e. The molecule has 1 aromatic carbocycles. The van der Waals surface area contributed by atoms with Crippen LogP contribution in [0.25, 0.3) is 17.2 Å². The second-order valence-electron chi connectivity index (χ2n) is 3.69. The SMILES string of the molecule is C=CC1=C(C=C)c2cccc(C=C)c2C1=C.